The number of nitrogens with zero attached hydrogens (tertiary/aromatic N) is 2. The summed E-state index contributed by atoms with van der Waals surface area (Å²) in [5, 5.41) is 1.93. The van der Waals surface area contributed by atoms with Gasteiger partial charge in [0.25, 0.3) is 0 Å². The number of fused-ring (bicyclic) bond motifs is 1. The van der Waals surface area contributed by atoms with E-state index in [1.165, 1.54) is 0 Å². The van der Waals surface area contributed by atoms with Crippen molar-refractivity contribution in [3.63, 3.8) is 0 Å². The van der Waals surface area contributed by atoms with Crippen LogP contribution < -0.4 is 10.7 Å². The maximum atomic E-state index is 4.34. The molecule has 0 unspecified atom stereocenters. The van der Waals surface area contributed by atoms with Crippen molar-refractivity contribution in [1.82, 2.24) is 0 Å². The molecule has 0 atom stereocenters. The van der Waals surface area contributed by atoms with Gasteiger partial charge in [0.05, 0.1) is 0 Å². The van der Waals surface area contributed by atoms with Crippen molar-refractivity contribution in [3.05, 3.63) is 35.0 Å². The summed E-state index contributed by atoms with van der Waals surface area (Å²) in [5.74, 6) is 0. The van der Waals surface area contributed by atoms with Gasteiger partial charge in [0.1, 0.15) is 0 Å². The molecule has 51 valence electrons. The zero-order chi connectivity index (χ0) is 7.90. The van der Waals surface area contributed by atoms with Gasteiger partial charge in [-0.3, -0.25) is 0 Å². The van der Waals surface area contributed by atoms with Gasteiger partial charge in [0, 0.05) is 0 Å². The minimum absolute atomic E-state index is 0.427. The summed E-state index contributed by atoms with van der Waals surface area (Å²) in [4.78, 5) is 8.67. The molecule has 11 heavy (non-hydrogen) atoms. The van der Waals surface area contributed by atoms with Crippen LogP contribution >= 0.6 is 12.6 Å². The Labute approximate surface area is 79.5 Å². The second-order valence-electron chi connectivity index (χ2n) is 2.49. The van der Waals surface area contributed by atoms with Crippen molar-refractivity contribution in [2.24, 2.45) is 9.98 Å². The molecule has 1 aromatic carbocycles. The standard InChI is InChI=1S/C7H5N2S.Zn/c10-7-8-5-3-1-2-4-6(5)9-7;/h1-4,10H;. The predicted octanol–water partition coefficient (Wildman–Crippen LogP) is 0.0273. The van der Waals surface area contributed by atoms with Gasteiger partial charge in [0.2, 0.25) is 0 Å². The van der Waals surface area contributed by atoms with E-state index < -0.39 is 3.59 Å². The van der Waals surface area contributed by atoms with Crippen LogP contribution in [0.3, 0.4) is 0 Å². The molecule has 0 fully saturated rings. The Morgan fingerprint density at radius 2 is 1.64 bits per heavy atom. The van der Waals surface area contributed by atoms with Crippen LogP contribution in [0.15, 0.2) is 34.3 Å². The third kappa shape index (κ3) is 1.38. The number of hydrogen-bond acceptors (Lipinski definition) is 3. The second-order valence-corrected chi connectivity index (χ2v) is 6.52. The van der Waals surface area contributed by atoms with E-state index >= 15 is 0 Å². The fraction of sp³-hybridized carbons (Fsp3) is 0.143. The molecule has 0 saturated heterocycles. The van der Waals surface area contributed by atoms with Crippen molar-refractivity contribution in [3.8, 4) is 0 Å². The normalized spacial score (nSPS) is 18.5. The van der Waals surface area contributed by atoms with Crippen molar-refractivity contribution in [2.75, 3.05) is 0 Å². The zero-order valence-electron chi connectivity index (χ0n) is 5.86. The van der Waals surface area contributed by atoms with Crippen molar-refractivity contribution < 1.29 is 18.3 Å². The summed E-state index contributed by atoms with van der Waals surface area (Å²) in [6, 6.07) is 7.86. The third-order valence-corrected chi connectivity index (χ3v) is 2.34. The maximum absolute atomic E-state index is 4.34. The summed E-state index contributed by atoms with van der Waals surface area (Å²) in [6.07, 6.45) is 0. The fourth-order valence-corrected chi connectivity index (χ4v) is 1.99. The van der Waals surface area contributed by atoms with Gasteiger partial charge in [0.15, 0.2) is 0 Å². The number of benzene rings is 1. The van der Waals surface area contributed by atoms with E-state index in [0.29, 0.717) is 0 Å². The molecule has 0 radical (unpaired) electrons. The molecule has 0 saturated carbocycles. The van der Waals surface area contributed by atoms with Crippen LogP contribution in [0.5, 0.6) is 0 Å². The quantitative estimate of drug-likeness (QED) is 0.466. The molecule has 1 heterocycles. The molecule has 4 heteroatoms. The topological polar surface area (TPSA) is 24.7 Å². The molecule has 0 aliphatic carbocycles. The molecule has 0 bridgehead atoms. The van der Waals surface area contributed by atoms with Crippen LogP contribution in [0.1, 0.15) is 0 Å². The Balaban J connectivity index is 2.81. The van der Waals surface area contributed by atoms with E-state index in [1.54, 1.807) is 0 Å². The molecule has 0 aromatic heterocycles. The average Bonchev–Trinajstić information content (AvgIpc) is 2.21. The Morgan fingerprint density at radius 3 is 2.09 bits per heavy atom. The number of rotatable bonds is 0. The Morgan fingerprint density at radius 1 is 1.18 bits per heavy atom. The molecule has 0 spiro atoms. The first-order chi connectivity index (χ1) is 5.17. The molecule has 1 aliphatic rings. The van der Waals surface area contributed by atoms with Gasteiger partial charge in [-0.2, -0.15) is 0 Å². The number of thiol groups is 1. The molecular formula is C7H5N2SZn. The number of hydrogen-bond donors (Lipinski definition) is 1. The molecule has 2 nitrogen and oxygen atoms in total. The van der Waals surface area contributed by atoms with Gasteiger partial charge >= 0.3 is 79.5 Å². The van der Waals surface area contributed by atoms with Gasteiger partial charge in [-0.15, -0.1) is 0 Å². The first-order valence-electron chi connectivity index (χ1n) is 3.30. The minimum atomic E-state index is -0.427. The van der Waals surface area contributed by atoms with Gasteiger partial charge in [-0.25, -0.2) is 0 Å². The number of para-hydroxylation sites is 2. The summed E-state index contributed by atoms with van der Waals surface area (Å²) in [6.45, 7) is 0. The van der Waals surface area contributed by atoms with E-state index in [1.807, 2.05) is 24.3 Å². The monoisotopic (exact) mass is 213 g/mol. The molecular weight excluding hydrogens is 210 g/mol. The summed E-state index contributed by atoms with van der Waals surface area (Å²) in [7, 11) is 0. The SMILES string of the molecule is S[C]1([Zn])N=c2ccccc2=N1. The van der Waals surface area contributed by atoms with Crippen LogP contribution in [0.25, 0.3) is 0 Å². The van der Waals surface area contributed by atoms with Crippen LogP contribution in [-0.2, 0) is 18.3 Å². The van der Waals surface area contributed by atoms with Crippen molar-refractivity contribution in [2.45, 2.75) is 3.59 Å². The van der Waals surface area contributed by atoms with E-state index in [0.717, 1.165) is 29.0 Å². The van der Waals surface area contributed by atoms with E-state index in [4.69, 9.17) is 0 Å². The molecule has 0 N–H and O–H groups in total. The van der Waals surface area contributed by atoms with E-state index in [9.17, 15) is 0 Å². The first-order valence-corrected chi connectivity index (χ1v) is 5.23. The van der Waals surface area contributed by atoms with Crippen LogP contribution in [0.4, 0.5) is 0 Å². The Bertz CT molecular complexity index is 362. The molecule has 1 aromatic rings. The Kier molecular flexibility index (Phi) is 1.62. The van der Waals surface area contributed by atoms with E-state index in [-0.39, 0.29) is 0 Å². The van der Waals surface area contributed by atoms with E-state index in [2.05, 4.69) is 22.6 Å². The van der Waals surface area contributed by atoms with Crippen molar-refractivity contribution >= 4 is 12.6 Å². The summed E-state index contributed by atoms with van der Waals surface area (Å²) < 4.78 is -0.427. The predicted molar refractivity (Wildman–Crippen MR) is 40.5 cm³/mol. The molecule has 1 aliphatic heterocycles. The van der Waals surface area contributed by atoms with Crippen LogP contribution in [-0.4, -0.2) is 3.59 Å². The molecule has 2 rings (SSSR count). The fourth-order valence-electron chi connectivity index (χ4n) is 1.06. The van der Waals surface area contributed by atoms with Crippen LogP contribution in [0.2, 0.25) is 0 Å². The Hall–Kier alpha value is -0.207. The van der Waals surface area contributed by atoms with Gasteiger partial charge in [-0.05, 0) is 0 Å². The first kappa shape index (κ1) is 7.44. The summed E-state index contributed by atoms with van der Waals surface area (Å²) >= 11 is 5.27. The second kappa shape index (κ2) is 2.39. The zero-order valence-corrected chi connectivity index (χ0v) is 9.72. The average molecular weight is 215 g/mol. The third-order valence-electron chi connectivity index (χ3n) is 1.48. The molecule has 0 amide bonds. The van der Waals surface area contributed by atoms with Gasteiger partial charge < -0.3 is 0 Å². The van der Waals surface area contributed by atoms with Gasteiger partial charge in [-0.1, -0.05) is 0 Å². The van der Waals surface area contributed by atoms with Crippen LogP contribution in [0, 0.1) is 0 Å². The van der Waals surface area contributed by atoms with Crippen molar-refractivity contribution in [1.29, 1.82) is 0 Å². The summed E-state index contributed by atoms with van der Waals surface area (Å²) in [5.41, 5.74) is 0.